The topological polar surface area (TPSA) is 169 Å². The zero-order chi connectivity index (χ0) is 32.7. The maximum Gasteiger partial charge on any atom is 0.256 e. The molecule has 1 atom stereocenters. The minimum atomic E-state index is -0.270. The Morgan fingerprint density at radius 2 is 1.79 bits per heavy atom. The van der Waals surface area contributed by atoms with Gasteiger partial charge in [0, 0.05) is 38.1 Å². The fraction of sp³-hybridized carbons (Fsp3) is 0.531. The van der Waals surface area contributed by atoms with E-state index in [0.29, 0.717) is 87.5 Å². The lowest BCUT2D eigenvalue weighted by molar-refractivity contribution is 0.0223. The number of nitrogens with one attached hydrogen (secondary N) is 1. The number of ether oxygens (including phenoxy) is 5. The molecule has 1 aliphatic carbocycles. The molecule has 3 heterocycles. The Labute approximate surface area is 274 Å². The summed E-state index contributed by atoms with van der Waals surface area (Å²) in [6.45, 7) is 5.54. The van der Waals surface area contributed by atoms with Crippen molar-refractivity contribution >= 4 is 11.6 Å². The molecule has 1 aliphatic rings. The van der Waals surface area contributed by atoms with Crippen LogP contribution in [-0.2, 0) is 20.8 Å². The van der Waals surface area contributed by atoms with Crippen LogP contribution in [0.15, 0.2) is 43.1 Å². The van der Waals surface area contributed by atoms with Crippen molar-refractivity contribution in [2.24, 2.45) is 0 Å². The molecule has 5 rings (SSSR count). The second-order valence-corrected chi connectivity index (χ2v) is 11.2. The Hall–Kier alpha value is -4.65. The second kappa shape index (κ2) is 17.9. The van der Waals surface area contributed by atoms with E-state index in [1.807, 2.05) is 29.9 Å². The molecule has 1 N–H and O–H groups in total. The predicted octanol–water partition coefficient (Wildman–Crippen LogP) is 4.36. The molecule has 1 fully saturated rings. The third-order valence-corrected chi connectivity index (χ3v) is 7.62. The van der Waals surface area contributed by atoms with Gasteiger partial charge >= 0.3 is 0 Å². The summed E-state index contributed by atoms with van der Waals surface area (Å²) in [5.74, 6) is 1.39. The lowest BCUT2D eigenvalue weighted by Crippen LogP contribution is -2.20. The summed E-state index contributed by atoms with van der Waals surface area (Å²) in [5, 5.41) is 28.9. The summed E-state index contributed by atoms with van der Waals surface area (Å²) < 4.78 is 31.8. The molecule has 0 aliphatic heterocycles. The van der Waals surface area contributed by atoms with Gasteiger partial charge in [0.1, 0.15) is 29.9 Å². The minimum Gasteiger partial charge on any atom is -0.487 e. The second-order valence-electron chi connectivity index (χ2n) is 11.2. The average Bonchev–Trinajstić information content (AvgIpc) is 3.76. The summed E-state index contributed by atoms with van der Waals surface area (Å²) in [4.78, 5) is 9.13. The molecule has 3 aromatic heterocycles. The number of hydrogen-bond donors (Lipinski definition) is 1. The molecule has 15 nitrogen and oxygen atoms in total. The Morgan fingerprint density at radius 3 is 2.53 bits per heavy atom. The molecule has 0 bridgehead atoms. The van der Waals surface area contributed by atoms with Gasteiger partial charge in [-0.2, -0.15) is 5.26 Å². The molecule has 250 valence electrons. The Bertz CT molecular complexity index is 1530. The van der Waals surface area contributed by atoms with E-state index < -0.39 is 0 Å². The van der Waals surface area contributed by atoms with E-state index in [0.717, 1.165) is 24.0 Å². The molecule has 15 heteroatoms. The number of nitriles is 1. The van der Waals surface area contributed by atoms with Gasteiger partial charge in [0.2, 0.25) is 5.95 Å². The molecule has 0 amide bonds. The van der Waals surface area contributed by atoms with Gasteiger partial charge in [-0.15, -0.1) is 10.2 Å². The van der Waals surface area contributed by atoms with Crippen LogP contribution in [0, 0.1) is 11.3 Å². The lowest BCUT2D eigenvalue weighted by Gasteiger charge is -2.21. The Kier molecular flexibility index (Phi) is 12.8. The molecule has 0 unspecified atom stereocenters. The number of rotatable bonds is 19. The van der Waals surface area contributed by atoms with Crippen molar-refractivity contribution in [2.45, 2.75) is 64.1 Å². The number of tetrazole rings is 1. The van der Waals surface area contributed by atoms with Crippen molar-refractivity contribution in [3.8, 4) is 28.8 Å². The van der Waals surface area contributed by atoms with E-state index in [2.05, 4.69) is 36.9 Å². The van der Waals surface area contributed by atoms with E-state index in [1.165, 1.54) is 25.6 Å². The van der Waals surface area contributed by atoms with E-state index in [9.17, 15) is 5.26 Å². The summed E-state index contributed by atoms with van der Waals surface area (Å²) >= 11 is 0. The molecule has 4 aromatic rings. The lowest BCUT2D eigenvalue weighted by atomic mass is 9.96. The van der Waals surface area contributed by atoms with Crippen molar-refractivity contribution in [3.05, 3.63) is 48.7 Å². The largest absolute Gasteiger partial charge is 0.487 e. The number of benzene rings is 1. The predicted molar refractivity (Wildman–Crippen MR) is 171 cm³/mol. The van der Waals surface area contributed by atoms with Crippen LogP contribution in [0.1, 0.15) is 57.1 Å². The van der Waals surface area contributed by atoms with Gasteiger partial charge in [0.15, 0.2) is 0 Å². The third-order valence-electron chi connectivity index (χ3n) is 7.62. The Balaban J connectivity index is 1.20. The fourth-order valence-corrected chi connectivity index (χ4v) is 5.23. The maximum absolute atomic E-state index is 9.64. The normalized spacial score (nSPS) is 14.1. The smallest absolute Gasteiger partial charge is 0.256 e. The zero-order valence-corrected chi connectivity index (χ0v) is 27.0. The van der Waals surface area contributed by atoms with Gasteiger partial charge in [-0.05, 0) is 47.9 Å². The van der Waals surface area contributed by atoms with Crippen molar-refractivity contribution in [3.63, 3.8) is 0 Å². The number of anilines is 2. The van der Waals surface area contributed by atoms with Gasteiger partial charge in [-0.25, -0.2) is 14.6 Å². The van der Waals surface area contributed by atoms with E-state index >= 15 is 0 Å². The van der Waals surface area contributed by atoms with Crippen molar-refractivity contribution < 1.29 is 23.7 Å². The van der Waals surface area contributed by atoms with Gasteiger partial charge in [-0.1, -0.05) is 25.3 Å². The van der Waals surface area contributed by atoms with Crippen LogP contribution in [-0.4, -0.2) is 92.8 Å². The highest BCUT2D eigenvalue weighted by atomic mass is 16.5. The van der Waals surface area contributed by atoms with E-state index in [-0.39, 0.29) is 6.10 Å². The summed E-state index contributed by atoms with van der Waals surface area (Å²) in [7, 11) is 1.65. The molecular weight excluding hydrogens is 604 g/mol. The quantitative estimate of drug-likeness (QED) is 0.143. The Morgan fingerprint density at radius 1 is 1.00 bits per heavy atom. The van der Waals surface area contributed by atoms with Crippen LogP contribution in [0.25, 0.3) is 11.1 Å². The fourth-order valence-electron chi connectivity index (χ4n) is 5.23. The average molecular weight is 647 g/mol. The van der Waals surface area contributed by atoms with Crippen LogP contribution in [0.3, 0.4) is 0 Å². The highest BCUT2D eigenvalue weighted by molar-refractivity contribution is 5.67. The first-order valence-electron chi connectivity index (χ1n) is 16.0. The van der Waals surface area contributed by atoms with Crippen LogP contribution < -0.4 is 14.8 Å². The summed E-state index contributed by atoms with van der Waals surface area (Å²) in [6.07, 6.45) is 13.2. The monoisotopic (exact) mass is 646 g/mol. The molecule has 1 aromatic carbocycles. The van der Waals surface area contributed by atoms with Crippen LogP contribution in [0.2, 0.25) is 0 Å². The first kappa shape index (κ1) is 33.7. The number of methoxy groups -OCH3 is 1. The number of hydrogen-bond acceptors (Lipinski definition) is 13. The highest BCUT2D eigenvalue weighted by Gasteiger charge is 2.20. The molecule has 0 saturated heterocycles. The molecule has 47 heavy (non-hydrogen) atoms. The number of aromatic nitrogens is 8. The maximum atomic E-state index is 9.64. The minimum absolute atomic E-state index is 0.270. The van der Waals surface area contributed by atoms with Crippen molar-refractivity contribution in [1.29, 1.82) is 5.26 Å². The van der Waals surface area contributed by atoms with E-state index in [1.54, 1.807) is 30.3 Å². The van der Waals surface area contributed by atoms with Crippen LogP contribution in [0.5, 0.6) is 11.6 Å². The van der Waals surface area contributed by atoms with Crippen LogP contribution >= 0.6 is 0 Å². The zero-order valence-electron chi connectivity index (χ0n) is 27.0. The molecule has 0 radical (unpaired) electrons. The number of nitrogens with zero attached hydrogens (tertiary/aromatic N) is 9. The summed E-state index contributed by atoms with van der Waals surface area (Å²) in [5.41, 5.74) is 2.73. The van der Waals surface area contributed by atoms with Gasteiger partial charge in [0.05, 0.1) is 57.4 Å². The molecule has 0 spiro atoms. The van der Waals surface area contributed by atoms with Gasteiger partial charge < -0.3 is 29.0 Å². The first-order valence-corrected chi connectivity index (χ1v) is 16.0. The third kappa shape index (κ3) is 10.2. The van der Waals surface area contributed by atoms with Crippen molar-refractivity contribution in [1.82, 2.24) is 40.0 Å². The standard InChI is InChI=1S/C32H42N10O5/c1-24(21-41-23-36-39-40-41)47-30-17-25(9-10-26(30)18-33)27-19-34-32(35-20-27)37-29-22-42(28-7-4-3-5-8-28)38-31(29)46-12-6-11-44-15-16-45-14-13-43-2/h9-10,17,19-20,22-24,28H,3-8,11-16,21H2,1-2H3,(H,34,35,37)/t24-/m0/s1. The van der Waals surface area contributed by atoms with Crippen molar-refractivity contribution in [2.75, 3.05) is 52.1 Å². The molecule has 1 saturated carbocycles. The SMILES string of the molecule is COCCOCCOCCCOc1nn(C2CCCCC2)cc1Nc1ncc(-c2ccc(C#N)c(O[C@@H](C)Cn3cnnn3)c2)cn1. The van der Waals surface area contributed by atoms with E-state index in [4.69, 9.17) is 28.8 Å². The molecular formula is C32H42N10O5. The van der Waals surface area contributed by atoms with Gasteiger partial charge in [0.25, 0.3) is 5.88 Å². The first-order chi connectivity index (χ1) is 23.1. The van der Waals surface area contributed by atoms with Crippen LogP contribution in [0.4, 0.5) is 11.6 Å². The van der Waals surface area contributed by atoms with Gasteiger partial charge in [-0.3, -0.25) is 4.68 Å². The summed E-state index contributed by atoms with van der Waals surface area (Å²) in [6, 6.07) is 7.93. The highest BCUT2D eigenvalue weighted by Crippen LogP contribution is 2.33.